The summed E-state index contributed by atoms with van der Waals surface area (Å²) in [6.45, 7) is 37.1. The van der Waals surface area contributed by atoms with Gasteiger partial charge in [-0.05, 0) is 169 Å². The molecule has 0 atom stereocenters. The molecule has 0 amide bonds. The highest BCUT2D eigenvalue weighted by atomic mass is 16.3. The van der Waals surface area contributed by atoms with Gasteiger partial charge in [-0.25, -0.2) is 0 Å². The Morgan fingerprint density at radius 3 is 1.50 bits per heavy atom. The lowest BCUT2D eigenvalue weighted by molar-refractivity contribution is 0.332. The predicted molar refractivity (Wildman–Crippen MR) is 270 cm³/mol. The van der Waals surface area contributed by atoms with Gasteiger partial charge in [0.25, 0.3) is 6.71 Å². The Labute approximate surface area is 378 Å². The molecule has 1 aromatic heterocycles. The van der Waals surface area contributed by atoms with Crippen molar-refractivity contribution >= 4 is 68.4 Å². The number of fused-ring (bicyclic) bond motifs is 7. The molecule has 0 saturated carbocycles. The van der Waals surface area contributed by atoms with E-state index in [1.165, 1.54) is 55.6 Å². The molecule has 1 aliphatic carbocycles. The van der Waals surface area contributed by atoms with Crippen molar-refractivity contribution in [3.63, 3.8) is 0 Å². The molecule has 9 rings (SSSR count). The molecular formula is C58H71BN2O. The Bertz CT molecular complexity index is 2870. The standard InChI is InChI=1S/C58H71BN2O/c1-34-19-20-42-49(25-34)62-52-51(42)61(41-30-38(55(9,10)11)27-39(31-41)56(12,13)14)48-24-35(2)23-47-50(48)59(52)45-32-43-44(58(17,18)22-21-57(43,15)16)33-46(45)60(47)40-28-36(53(3,4)5)26-37(29-40)54(6,7)8/h19-20,23-33H,21-22H2,1-18H3/i1D3. The molecule has 0 N–H and O–H groups in total. The van der Waals surface area contributed by atoms with Crippen LogP contribution >= 0.6 is 0 Å². The van der Waals surface area contributed by atoms with Gasteiger partial charge >= 0.3 is 0 Å². The van der Waals surface area contributed by atoms with Gasteiger partial charge in [0.05, 0.1) is 11.3 Å². The highest BCUT2D eigenvalue weighted by molar-refractivity contribution is 7.00. The molecule has 0 radical (unpaired) electrons. The third-order valence-electron chi connectivity index (χ3n) is 14.6. The summed E-state index contributed by atoms with van der Waals surface area (Å²) >= 11 is 0. The van der Waals surface area contributed by atoms with Crippen molar-refractivity contribution in [1.82, 2.24) is 0 Å². The molecular weight excluding hydrogens is 751 g/mol. The normalized spacial score (nSPS) is 17.8. The zero-order chi connectivity index (χ0) is 47.5. The van der Waals surface area contributed by atoms with Crippen molar-refractivity contribution in [2.45, 2.75) is 170 Å². The van der Waals surface area contributed by atoms with Crippen LogP contribution in [-0.2, 0) is 32.5 Å². The average molecular weight is 826 g/mol. The minimum atomic E-state index is -2.28. The van der Waals surface area contributed by atoms with Gasteiger partial charge in [0.2, 0.25) is 0 Å². The zero-order valence-corrected chi connectivity index (χ0v) is 40.8. The Kier molecular flexibility index (Phi) is 8.42. The van der Waals surface area contributed by atoms with Gasteiger partial charge in [-0.2, -0.15) is 0 Å². The smallest absolute Gasteiger partial charge is 0.297 e. The second kappa shape index (κ2) is 13.4. The van der Waals surface area contributed by atoms with E-state index >= 15 is 0 Å². The summed E-state index contributed by atoms with van der Waals surface area (Å²) in [5.74, 6) is 0. The van der Waals surface area contributed by atoms with Crippen molar-refractivity contribution < 1.29 is 8.53 Å². The van der Waals surface area contributed by atoms with Crippen LogP contribution in [0.15, 0.2) is 83.3 Å². The number of anilines is 6. The largest absolute Gasteiger partial charge is 0.468 e. The highest BCUT2D eigenvalue weighted by Crippen LogP contribution is 2.52. The molecule has 0 fully saturated rings. The number of aryl methyl sites for hydroxylation is 2. The van der Waals surface area contributed by atoms with E-state index in [-0.39, 0.29) is 44.8 Å². The van der Waals surface area contributed by atoms with E-state index in [0.29, 0.717) is 5.58 Å². The molecule has 2 aliphatic heterocycles. The van der Waals surface area contributed by atoms with E-state index in [2.05, 4.69) is 188 Å². The maximum atomic E-state index is 8.43. The van der Waals surface area contributed by atoms with Crippen LogP contribution in [0.5, 0.6) is 0 Å². The van der Waals surface area contributed by atoms with Crippen molar-refractivity contribution in [2.75, 3.05) is 9.80 Å². The number of benzene rings is 5. The van der Waals surface area contributed by atoms with Crippen LogP contribution in [0.1, 0.15) is 172 Å². The second-order valence-electron chi connectivity index (χ2n) is 24.6. The Balaban J connectivity index is 1.47. The van der Waals surface area contributed by atoms with E-state index in [9.17, 15) is 0 Å². The van der Waals surface area contributed by atoms with E-state index < -0.39 is 6.85 Å². The third kappa shape index (κ3) is 6.76. The average Bonchev–Trinajstić information content (AvgIpc) is 3.55. The van der Waals surface area contributed by atoms with Gasteiger partial charge in [-0.1, -0.05) is 135 Å². The minimum absolute atomic E-state index is 0.0180. The van der Waals surface area contributed by atoms with Crippen LogP contribution in [0.4, 0.5) is 34.1 Å². The summed E-state index contributed by atoms with van der Waals surface area (Å²) in [5, 5.41) is 0.913. The number of hydrogen-bond donors (Lipinski definition) is 0. The van der Waals surface area contributed by atoms with Crippen LogP contribution in [0.25, 0.3) is 11.0 Å². The molecule has 3 heterocycles. The van der Waals surface area contributed by atoms with Crippen molar-refractivity contribution in [3.8, 4) is 0 Å². The second-order valence-corrected chi connectivity index (χ2v) is 24.6. The fraction of sp³-hybridized carbons (Fsp3) is 0.448. The third-order valence-corrected chi connectivity index (χ3v) is 14.6. The van der Waals surface area contributed by atoms with E-state index in [4.69, 9.17) is 8.53 Å². The number of hydrogen-bond acceptors (Lipinski definition) is 3. The summed E-state index contributed by atoms with van der Waals surface area (Å²) in [4.78, 5) is 5.05. The highest BCUT2D eigenvalue weighted by Gasteiger charge is 2.49. The van der Waals surface area contributed by atoms with Gasteiger partial charge < -0.3 is 14.2 Å². The first-order valence-electron chi connectivity index (χ1n) is 24.6. The number of nitrogens with zero attached hydrogens (tertiary/aromatic N) is 2. The Hall–Kier alpha value is -4.70. The fourth-order valence-electron chi connectivity index (χ4n) is 10.4. The molecule has 6 aromatic rings. The topological polar surface area (TPSA) is 19.6 Å². The van der Waals surface area contributed by atoms with E-state index in [0.717, 1.165) is 52.3 Å². The lowest BCUT2D eigenvalue weighted by Gasteiger charge is -2.47. The van der Waals surface area contributed by atoms with E-state index in [1.807, 2.05) is 6.07 Å². The molecule has 5 aromatic carbocycles. The molecule has 0 bridgehead atoms. The molecule has 4 heteroatoms. The van der Waals surface area contributed by atoms with Gasteiger partial charge in [-0.15, -0.1) is 0 Å². The predicted octanol–water partition coefficient (Wildman–Crippen LogP) is 14.7. The number of furan rings is 1. The zero-order valence-electron chi connectivity index (χ0n) is 43.8. The SMILES string of the molecule is [2H]C([2H])([2H])c1ccc2c3c(oc2c1)B1c2cc4c(cc2N(c2cc(C(C)(C)C)cc(C(C)(C)C)c2)c2cc(C)cc(c21)N3c1cc(C(C)(C)C)cc(C(C)(C)C)c1)C(C)(C)CCC4(C)C. The van der Waals surface area contributed by atoms with Gasteiger partial charge in [-0.3, -0.25) is 0 Å². The molecule has 0 saturated heterocycles. The molecule has 62 heavy (non-hydrogen) atoms. The Morgan fingerprint density at radius 2 is 1.02 bits per heavy atom. The van der Waals surface area contributed by atoms with Gasteiger partial charge in [0, 0.05) is 37.9 Å². The van der Waals surface area contributed by atoms with Gasteiger partial charge in [0.15, 0.2) is 0 Å². The summed E-state index contributed by atoms with van der Waals surface area (Å²) in [7, 11) is 0. The van der Waals surface area contributed by atoms with Crippen LogP contribution in [0.3, 0.4) is 0 Å². The lowest BCUT2D eigenvalue weighted by Crippen LogP contribution is -2.61. The molecule has 0 spiro atoms. The summed E-state index contributed by atoms with van der Waals surface area (Å²) in [6.07, 6.45) is 2.22. The van der Waals surface area contributed by atoms with Crippen LogP contribution in [0.2, 0.25) is 0 Å². The molecule has 3 aliphatic rings. The summed E-state index contributed by atoms with van der Waals surface area (Å²) < 4.78 is 32.6. The number of rotatable bonds is 2. The molecule has 322 valence electrons. The first-order valence-corrected chi connectivity index (χ1v) is 23.1. The fourth-order valence-corrected chi connectivity index (χ4v) is 10.4. The first-order chi connectivity index (χ1) is 29.8. The lowest BCUT2D eigenvalue weighted by atomic mass is 9.35. The van der Waals surface area contributed by atoms with Crippen molar-refractivity contribution in [2.24, 2.45) is 0 Å². The summed E-state index contributed by atoms with van der Waals surface area (Å²) in [6, 6.07) is 29.8. The Morgan fingerprint density at radius 1 is 0.548 bits per heavy atom. The van der Waals surface area contributed by atoms with Crippen molar-refractivity contribution in [3.05, 3.63) is 123 Å². The molecule has 3 nitrogen and oxygen atoms in total. The van der Waals surface area contributed by atoms with Crippen LogP contribution < -0.4 is 26.4 Å². The van der Waals surface area contributed by atoms with Crippen LogP contribution in [-0.4, -0.2) is 6.71 Å². The monoisotopic (exact) mass is 826 g/mol. The summed E-state index contributed by atoms with van der Waals surface area (Å²) in [5.41, 5.74) is 19.5. The maximum Gasteiger partial charge on any atom is 0.297 e. The quantitative estimate of drug-likeness (QED) is 0.162. The van der Waals surface area contributed by atoms with Crippen LogP contribution in [0, 0.1) is 13.8 Å². The first kappa shape index (κ1) is 38.9. The van der Waals surface area contributed by atoms with Gasteiger partial charge in [0.1, 0.15) is 5.58 Å². The van der Waals surface area contributed by atoms with Crippen molar-refractivity contribution in [1.29, 1.82) is 0 Å². The van der Waals surface area contributed by atoms with E-state index in [1.54, 1.807) is 12.1 Å². The molecule has 0 unspecified atom stereocenters. The maximum absolute atomic E-state index is 8.43. The minimum Gasteiger partial charge on any atom is -0.468 e.